The van der Waals surface area contributed by atoms with E-state index in [2.05, 4.69) is 4.99 Å². The van der Waals surface area contributed by atoms with Gasteiger partial charge in [-0.3, -0.25) is 15.1 Å². The zero-order valence-electron chi connectivity index (χ0n) is 11.4. The molecular weight excluding hydrogens is 272 g/mol. The number of hydrogen-bond acceptors (Lipinski definition) is 5. The van der Waals surface area contributed by atoms with Gasteiger partial charge in [0.25, 0.3) is 5.69 Å². The molecule has 0 unspecified atom stereocenters. The summed E-state index contributed by atoms with van der Waals surface area (Å²) < 4.78 is 5.10. The molecule has 2 rings (SSSR count). The molecule has 2 aromatic carbocycles. The quantitative estimate of drug-likeness (QED) is 0.479. The Hall–Kier alpha value is -2.89. The number of ether oxygens (including phenoxy) is 1. The van der Waals surface area contributed by atoms with Crippen LogP contribution in [0.3, 0.4) is 0 Å². The number of rotatable bonds is 5. The molecule has 6 heteroatoms. The number of nitro benzene ring substituents is 1. The maximum absolute atomic E-state index is 11.6. The second-order valence-electron chi connectivity index (χ2n) is 4.30. The normalized spacial score (nSPS) is 10.7. The molecule has 0 aliphatic carbocycles. The van der Waals surface area contributed by atoms with Gasteiger partial charge in [-0.05, 0) is 23.3 Å². The minimum atomic E-state index is -0.543. The monoisotopic (exact) mass is 285 g/mol. The first kappa shape index (κ1) is 14.5. The first-order valence-electron chi connectivity index (χ1n) is 6.18. The van der Waals surface area contributed by atoms with Crippen molar-refractivity contribution in [3.63, 3.8) is 0 Å². The molecular formula is C15H13N2O4-. The van der Waals surface area contributed by atoms with Crippen LogP contribution in [-0.4, -0.2) is 18.2 Å². The lowest BCUT2D eigenvalue weighted by molar-refractivity contribution is -0.385. The van der Waals surface area contributed by atoms with Crippen LogP contribution < -0.4 is 9.84 Å². The molecule has 0 N–H and O–H groups in total. The summed E-state index contributed by atoms with van der Waals surface area (Å²) in [6, 6.07) is 11.0. The van der Waals surface area contributed by atoms with Crippen LogP contribution in [0, 0.1) is 10.1 Å². The molecule has 0 atom stereocenters. The van der Waals surface area contributed by atoms with Crippen LogP contribution in [0.2, 0.25) is 0 Å². The lowest BCUT2D eigenvalue weighted by Crippen LogP contribution is -1.98. The van der Waals surface area contributed by atoms with Crippen LogP contribution >= 0.6 is 0 Å². The Morgan fingerprint density at radius 3 is 2.81 bits per heavy atom. The molecule has 0 radical (unpaired) electrons. The van der Waals surface area contributed by atoms with Gasteiger partial charge in [-0.2, -0.15) is 0 Å². The topological polar surface area (TPSA) is 87.8 Å². The number of aliphatic imine (C=N–C) groups is 1. The largest absolute Gasteiger partial charge is 0.872 e. The lowest BCUT2D eigenvalue weighted by Gasteiger charge is -2.08. The fourth-order valence-corrected chi connectivity index (χ4v) is 1.77. The summed E-state index contributed by atoms with van der Waals surface area (Å²) in [5.74, 6) is 0.428. The summed E-state index contributed by atoms with van der Waals surface area (Å²) in [4.78, 5) is 14.3. The van der Waals surface area contributed by atoms with Gasteiger partial charge in [-0.25, -0.2) is 0 Å². The van der Waals surface area contributed by atoms with E-state index in [9.17, 15) is 15.2 Å². The molecule has 6 nitrogen and oxygen atoms in total. The summed E-state index contributed by atoms with van der Waals surface area (Å²) in [7, 11) is 1.58. The summed E-state index contributed by atoms with van der Waals surface area (Å²) in [5, 5.41) is 22.3. The van der Waals surface area contributed by atoms with Gasteiger partial charge in [0.2, 0.25) is 0 Å². The fourth-order valence-electron chi connectivity index (χ4n) is 1.77. The van der Waals surface area contributed by atoms with Crippen LogP contribution in [0.4, 0.5) is 5.69 Å². The van der Waals surface area contributed by atoms with E-state index in [0.717, 1.165) is 11.3 Å². The third kappa shape index (κ3) is 3.79. The van der Waals surface area contributed by atoms with Gasteiger partial charge in [0.05, 0.1) is 18.6 Å². The average molecular weight is 285 g/mol. The van der Waals surface area contributed by atoms with E-state index in [4.69, 9.17) is 4.74 Å². The Kier molecular flexibility index (Phi) is 4.50. The molecule has 0 aromatic heterocycles. The number of benzene rings is 2. The highest BCUT2D eigenvalue weighted by Crippen LogP contribution is 2.19. The van der Waals surface area contributed by atoms with Gasteiger partial charge < -0.3 is 9.84 Å². The predicted molar refractivity (Wildman–Crippen MR) is 76.8 cm³/mol. The first-order chi connectivity index (χ1) is 10.1. The van der Waals surface area contributed by atoms with E-state index in [-0.39, 0.29) is 17.0 Å². The van der Waals surface area contributed by atoms with Crippen molar-refractivity contribution >= 4 is 11.9 Å². The van der Waals surface area contributed by atoms with Gasteiger partial charge in [0.1, 0.15) is 5.75 Å². The van der Waals surface area contributed by atoms with Gasteiger partial charge in [-0.15, -0.1) is 0 Å². The summed E-state index contributed by atoms with van der Waals surface area (Å²) in [6.45, 7) is 0.360. The Balaban J connectivity index is 2.13. The Bertz CT molecular complexity index is 683. The van der Waals surface area contributed by atoms with Crippen LogP contribution in [0.15, 0.2) is 47.5 Å². The third-order valence-corrected chi connectivity index (χ3v) is 2.84. The lowest BCUT2D eigenvalue weighted by atomic mass is 10.2. The van der Waals surface area contributed by atoms with Crippen LogP contribution in [0.25, 0.3) is 0 Å². The third-order valence-electron chi connectivity index (χ3n) is 2.84. The Morgan fingerprint density at radius 2 is 2.10 bits per heavy atom. The summed E-state index contributed by atoms with van der Waals surface area (Å²) in [5.41, 5.74) is 0.994. The molecule has 108 valence electrons. The van der Waals surface area contributed by atoms with Crippen molar-refractivity contribution in [1.82, 2.24) is 0 Å². The average Bonchev–Trinajstić information content (AvgIpc) is 2.49. The van der Waals surface area contributed by atoms with E-state index >= 15 is 0 Å². The Morgan fingerprint density at radius 1 is 1.29 bits per heavy atom. The summed E-state index contributed by atoms with van der Waals surface area (Å²) >= 11 is 0. The molecule has 0 fully saturated rings. The zero-order valence-corrected chi connectivity index (χ0v) is 11.4. The first-order valence-corrected chi connectivity index (χ1v) is 6.18. The molecule has 0 aliphatic heterocycles. The minimum absolute atomic E-state index is 0.127. The number of nitrogens with zero attached hydrogens (tertiary/aromatic N) is 2. The van der Waals surface area contributed by atoms with Gasteiger partial charge in [-0.1, -0.05) is 23.9 Å². The van der Waals surface area contributed by atoms with Crippen molar-refractivity contribution in [3.05, 3.63) is 63.7 Å². The Labute approximate surface area is 121 Å². The van der Waals surface area contributed by atoms with Crippen molar-refractivity contribution in [2.45, 2.75) is 6.54 Å². The molecule has 2 aromatic rings. The van der Waals surface area contributed by atoms with E-state index in [1.165, 1.54) is 24.4 Å². The maximum atomic E-state index is 11.6. The van der Waals surface area contributed by atoms with Crippen LogP contribution in [-0.2, 0) is 6.54 Å². The van der Waals surface area contributed by atoms with Gasteiger partial charge in [0.15, 0.2) is 0 Å². The van der Waals surface area contributed by atoms with E-state index in [0.29, 0.717) is 6.54 Å². The number of non-ortho nitro benzene ring substituents is 1. The molecule has 0 amide bonds. The maximum Gasteiger partial charge on any atom is 0.270 e. The van der Waals surface area contributed by atoms with Crippen LogP contribution in [0.1, 0.15) is 11.1 Å². The van der Waals surface area contributed by atoms with Crippen molar-refractivity contribution in [2.75, 3.05) is 7.11 Å². The molecule has 0 bridgehead atoms. The van der Waals surface area contributed by atoms with Gasteiger partial charge >= 0.3 is 0 Å². The van der Waals surface area contributed by atoms with E-state index < -0.39 is 4.92 Å². The van der Waals surface area contributed by atoms with Crippen LogP contribution in [0.5, 0.6) is 11.5 Å². The second-order valence-corrected chi connectivity index (χ2v) is 4.30. The van der Waals surface area contributed by atoms with Crippen molar-refractivity contribution in [3.8, 4) is 11.5 Å². The fraction of sp³-hybridized carbons (Fsp3) is 0.133. The van der Waals surface area contributed by atoms with Crippen molar-refractivity contribution < 1.29 is 14.8 Å². The number of hydrogen-bond donors (Lipinski definition) is 0. The molecule has 0 spiro atoms. The predicted octanol–water partition coefficient (Wildman–Crippen LogP) is 2.30. The van der Waals surface area contributed by atoms with Crippen molar-refractivity contribution in [1.29, 1.82) is 0 Å². The standard InChI is InChI=1S/C15H14N2O4/c1-21-14-4-2-3-11(7-14)9-16-10-12-8-13(17(19)20)5-6-15(12)18/h2-8,10,18H,9H2,1H3/p-1. The zero-order chi connectivity index (χ0) is 15.2. The van der Waals surface area contributed by atoms with E-state index in [1.807, 2.05) is 24.3 Å². The van der Waals surface area contributed by atoms with Crippen molar-refractivity contribution in [2.24, 2.45) is 4.99 Å². The molecule has 21 heavy (non-hydrogen) atoms. The summed E-state index contributed by atoms with van der Waals surface area (Å²) in [6.07, 6.45) is 1.36. The highest BCUT2D eigenvalue weighted by atomic mass is 16.6. The molecule has 0 saturated carbocycles. The molecule has 0 aliphatic rings. The number of methoxy groups -OCH3 is 1. The minimum Gasteiger partial charge on any atom is -0.872 e. The highest BCUT2D eigenvalue weighted by molar-refractivity contribution is 5.84. The van der Waals surface area contributed by atoms with Gasteiger partial charge in [0, 0.05) is 18.3 Å². The molecule has 0 heterocycles. The SMILES string of the molecule is COc1cccc(CN=Cc2cc([N+](=O)[O-])ccc2[O-])c1. The molecule has 0 saturated heterocycles. The highest BCUT2D eigenvalue weighted by Gasteiger charge is 2.05. The van der Waals surface area contributed by atoms with E-state index in [1.54, 1.807) is 7.11 Å². The second kappa shape index (κ2) is 6.51. The smallest absolute Gasteiger partial charge is 0.270 e. The number of nitro groups is 1.